The van der Waals surface area contributed by atoms with Gasteiger partial charge in [-0.1, -0.05) is 49.6 Å². The summed E-state index contributed by atoms with van der Waals surface area (Å²) in [6, 6.07) is 17.8. The third kappa shape index (κ3) is 3.88. The van der Waals surface area contributed by atoms with Gasteiger partial charge in [-0.05, 0) is 42.7 Å². The molecule has 0 radical (unpaired) electrons. The number of benzene rings is 1. The molecule has 0 atom stereocenters. The molecule has 3 heterocycles. The van der Waals surface area contributed by atoms with Crippen molar-refractivity contribution in [2.75, 3.05) is 4.90 Å². The van der Waals surface area contributed by atoms with Crippen molar-refractivity contribution < 1.29 is 13.9 Å². The minimum Gasteiger partial charge on any atom is -0.485 e. The van der Waals surface area contributed by atoms with Gasteiger partial charge in [0.05, 0.1) is 6.26 Å². The van der Waals surface area contributed by atoms with Crippen LogP contribution in [0, 0.1) is 0 Å². The van der Waals surface area contributed by atoms with Crippen molar-refractivity contribution in [2.24, 2.45) is 0 Å². The standard InChI is InChI=1S/C26H27N3O3/c1-19(30)29(21-12-6-3-7-13-21)26-24(22-15-9-17-31-22)27-25-23(14-8-16-28(25)26)32-18-20-10-4-2-5-11-20/h2,4-5,8-11,14-17,21H,3,6-7,12-13,18H2,1H3. The molecule has 1 amide bonds. The summed E-state index contributed by atoms with van der Waals surface area (Å²) in [6.07, 6.45) is 9.05. The van der Waals surface area contributed by atoms with Gasteiger partial charge < -0.3 is 9.15 Å². The highest BCUT2D eigenvalue weighted by molar-refractivity contribution is 5.96. The average molecular weight is 430 g/mol. The summed E-state index contributed by atoms with van der Waals surface area (Å²) in [7, 11) is 0. The van der Waals surface area contributed by atoms with Crippen molar-refractivity contribution in [3.8, 4) is 17.2 Å². The number of carbonyl (C=O) groups is 1. The van der Waals surface area contributed by atoms with E-state index in [9.17, 15) is 4.79 Å². The number of anilines is 1. The highest BCUT2D eigenvalue weighted by atomic mass is 16.5. The largest absolute Gasteiger partial charge is 0.485 e. The highest BCUT2D eigenvalue weighted by Gasteiger charge is 2.31. The van der Waals surface area contributed by atoms with Crippen LogP contribution in [-0.2, 0) is 11.4 Å². The second-order valence-electron chi connectivity index (χ2n) is 8.28. The monoisotopic (exact) mass is 429 g/mol. The topological polar surface area (TPSA) is 60.0 Å². The lowest BCUT2D eigenvalue weighted by molar-refractivity contribution is -0.117. The fraction of sp³-hybridized carbons (Fsp3) is 0.308. The van der Waals surface area contributed by atoms with E-state index in [4.69, 9.17) is 14.1 Å². The van der Waals surface area contributed by atoms with Gasteiger partial charge in [-0.25, -0.2) is 4.98 Å². The molecule has 1 fully saturated rings. The molecule has 5 rings (SSSR count). The van der Waals surface area contributed by atoms with Gasteiger partial charge in [0.1, 0.15) is 12.3 Å². The normalized spacial score (nSPS) is 14.5. The number of nitrogens with zero attached hydrogens (tertiary/aromatic N) is 3. The molecule has 6 nitrogen and oxygen atoms in total. The van der Waals surface area contributed by atoms with Gasteiger partial charge in [-0.2, -0.15) is 0 Å². The summed E-state index contributed by atoms with van der Waals surface area (Å²) in [5, 5.41) is 0. The van der Waals surface area contributed by atoms with E-state index in [2.05, 4.69) is 0 Å². The molecular formula is C26H27N3O3. The number of fused-ring (bicyclic) bond motifs is 1. The number of furan rings is 1. The lowest BCUT2D eigenvalue weighted by Gasteiger charge is -2.33. The number of hydrogen-bond donors (Lipinski definition) is 0. The maximum Gasteiger partial charge on any atom is 0.225 e. The Morgan fingerprint density at radius 3 is 2.62 bits per heavy atom. The summed E-state index contributed by atoms with van der Waals surface area (Å²) in [5.74, 6) is 2.07. The van der Waals surface area contributed by atoms with Crippen LogP contribution in [-0.4, -0.2) is 21.3 Å². The van der Waals surface area contributed by atoms with Crippen LogP contribution in [0.2, 0.25) is 0 Å². The van der Waals surface area contributed by atoms with E-state index in [1.54, 1.807) is 13.2 Å². The zero-order valence-electron chi connectivity index (χ0n) is 18.2. The first-order chi connectivity index (χ1) is 15.7. The molecule has 0 saturated heterocycles. The SMILES string of the molecule is CC(=O)N(c1c(-c2ccco2)nc2c(OCc3ccccc3)cccn12)C1CCCCC1. The number of amides is 1. The Bertz CT molecular complexity index is 1190. The molecule has 0 unspecified atom stereocenters. The molecule has 0 bridgehead atoms. The molecule has 0 aliphatic heterocycles. The predicted octanol–water partition coefficient (Wildman–Crippen LogP) is 5.86. The number of carbonyl (C=O) groups excluding carboxylic acids is 1. The minimum atomic E-state index is 0.0158. The quantitative estimate of drug-likeness (QED) is 0.385. The van der Waals surface area contributed by atoms with Crippen molar-refractivity contribution in [3.05, 3.63) is 72.6 Å². The summed E-state index contributed by atoms with van der Waals surface area (Å²) < 4.78 is 13.8. The number of imidazole rings is 1. The van der Waals surface area contributed by atoms with Crippen molar-refractivity contribution in [1.82, 2.24) is 9.38 Å². The van der Waals surface area contributed by atoms with Gasteiger partial charge in [0.15, 0.2) is 23.0 Å². The fourth-order valence-electron chi connectivity index (χ4n) is 4.61. The summed E-state index contributed by atoms with van der Waals surface area (Å²) in [4.78, 5) is 19.8. The predicted molar refractivity (Wildman–Crippen MR) is 124 cm³/mol. The van der Waals surface area contributed by atoms with E-state index < -0.39 is 0 Å². The molecular weight excluding hydrogens is 402 g/mol. The molecule has 0 N–H and O–H groups in total. The molecule has 6 heteroatoms. The van der Waals surface area contributed by atoms with Gasteiger partial charge in [0.2, 0.25) is 5.91 Å². The van der Waals surface area contributed by atoms with Crippen LogP contribution in [0.5, 0.6) is 5.75 Å². The van der Waals surface area contributed by atoms with E-state index in [1.165, 1.54) is 6.42 Å². The molecule has 1 aliphatic carbocycles. The number of aromatic nitrogens is 2. The Labute approximate surface area is 187 Å². The Kier molecular flexibility index (Phi) is 5.67. The number of rotatable bonds is 6. The summed E-state index contributed by atoms with van der Waals surface area (Å²) >= 11 is 0. The fourth-order valence-corrected chi connectivity index (χ4v) is 4.61. The van der Waals surface area contributed by atoms with Crippen molar-refractivity contribution in [2.45, 2.75) is 51.7 Å². The van der Waals surface area contributed by atoms with Crippen molar-refractivity contribution in [3.63, 3.8) is 0 Å². The van der Waals surface area contributed by atoms with Crippen LogP contribution in [0.4, 0.5) is 5.82 Å². The van der Waals surface area contributed by atoms with Crippen LogP contribution < -0.4 is 9.64 Å². The Hall–Kier alpha value is -3.54. The molecule has 0 spiro atoms. The number of pyridine rings is 1. The summed E-state index contributed by atoms with van der Waals surface area (Å²) in [6.45, 7) is 2.08. The molecule has 4 aromatic rings. The van der Waals surface area contributed by atoms with E-state index in [0.717, 1.165) is 37.1 Å². The third-order valence-corrected chi connectivity index (χ3v) is 6.09. The smallest absolute Gasteiger partial charge is 0.225 e. The van der Waals surface area contributed by atoms with Gasteiger partial charge >= 0.3 is 0 Å². The van der Waals surface area contributed by atoms with Crippen molar-refractivity contribution >= 4 is 17.4 Å². The zero-order chi connectivity index (χ0) is 21.9. The van der Waals surface area contributed by atoms with E-state index in [-0.39, 0.29) is 11.9 Å². The summed E-state index contributed by atoms with van der Waals surface area (Å²) in [5.41, 5.74) is 2.42. The van der Waals surface area contributed by atoms with Gasteiger partial charge in [0.25, 0.3) is 0 Å². The highest BCUT2D eigenvalue weighted by Crippen LogP contribution is 2.38. The Morgan fingerprint density at radius 2 is 1.91 bits per heavy atom. The maximum absolute atomic E-state index is 12.9. The van der Waals surface area contributed by atoms with Gasteiger partial charge in [-0.3, -0.25) is 14.1 Å². The zero-order valence-corrected chi connectivity index (χ0v) is 18.2. The van der Waals surface area contributed by atoms with Crippen LogP contribution in [0.1, 0.15) is 44.6 Å². The third-order valence-electron chi connectivity index (χ3n) is 6.09. The molecule has 1 aromatic carbocycles. The Balaban J connectivity index is 1.62. The molecule has 3 aromatic heterocycles. The number of hydrogen-bond acceptors (Lipinski definition) is 4. The van der Waals surface area contributed by atoms with Crippen LogP contribution in [0.15, 0.2) is 71.5 Å². The first-order valence-electron chi connectivity index (χ1n) is 11.2. The van der Waals surface area contributed by atoms with Crippen molar-refractivity contribution in [1.29, 1.82) is 0 Å². The molecule has 32 heavy (non-hydrogen) atoms. The molecule has 1 aliphatic rings. The van der Waals surface area contributed by atoms with Gasteiger partial charge in [0, 0.05) is 19.2 Å². The lowest BCUT2D eigenvalue weighted by atomic mass is 9.94. The number of ether oxygens (including phenoxy) is 1. The van der Waals surface area contributed by atoms with E-state index in [1.807, 2.05) is 70.1 Å². The Morgan fingerprint density at radius 1 is 1.09 bits per heavy atom. The van der Waals surface area contributed by atoms with Gasteiger partial charge in [-0.15, -0.1) is 0 Å². The van der Waals surface area contributed by atoms with Crippen LogP contribution >= 0.6 is 0 Å². The molecule has 164 valence electrons. The maximum atomic E-state index is 12.9. The van der Waals surface area contributed by atoms with Crippen LogP contribution in [0.25, 0.3) is 17.1 Å². The first-order valence-corrected chi connectivity index (χ1v) is 11.2. The van der Waals surface area contributed by atoms with E-state index >= 15 is 0 Å². The van der Waals surface area contributed by atoms with E-state index in [0.29, 0.717) is 29.5 Å². The second-order valence-corrected chi connectivity index (χ2v) is 8.28. The minimum absolute atomic E-state index is 0.0158. The first kappa shape index (κ1) is 20.4. The molecule has 1 saturated carbocycles. The lowest BCUT2D eigenvalue weighted by Crippen LogP contribution is -2.41. The van der Waals surface area contributed by atoms with Crippen LogP contribution in [0.3, 0.4) is 0 Å². The average Bonchev–Trinajstić information content (AvgIpc) is 3.48. The second kappa shape index (κ2) is 8.91.